The van der Waals surface area contributed by atoms with Gasteiger partial charge in [0.2, 0.25) is 0 Å². The van der Waals surface area contributed by atoms with Gasteiger partial charge in [-0.3, -0.25) is 0 Å². The van der Waals surface area contributed by atoms with Crippen molar-refractivity contribution in [1.82, 2.24) is 5.32 Å². The van der Waals surface area contributed by atoms with E-state index in [9.17, 15) is 0 Å². The topological polar surface area (TPSA) is 12.0 Å². The third-order valence-electron chi connectivity index (χ3n) is 3.44. The molecule has 1 nitrogen and oxygen atoms in total. The quantitative estimate of drug-likeness (QED) is 0.598. The van der Waals surface area contributed by atoms with Gasteiger partial charge in [0.25, 0.3) is 0 Å². The molecule has 1 radical (unpaired) electrons. The van der Waals surface area contributed by atoms with E-state index >= 15 is 0 Å². The molecule has 1 heterocycles. The second-order valence-corrected chi connectivity index (χ2v) is 4.88. The maximum atomic E-state index is 3.42. The Hall–Kier alpha value is -0.0400. The Morgan fingerprint density at radius 3 is 2.40 bits per heavy atom. The van der Waals surface area contributed by atoms with Crippen LogP contribution in [0.25, 0.3) is 0 Å². The van der Waals surface area contributed by atoms with Crippen LogP contribution >= 0.6 is 0 Å². The monoisotopic (exact) mass is 210 g/mol. The molecule has 0 aliphatic carbocycles. The van der Waals surface area contributed by atoms with Crippen molar-refractivity contribution >= 4 is 0 Å². The van der Waals surface area contributed by atoms with Crippen molar-refractivity contribution in [3.8, 4) is 0 Å². The van der Waals surface area contributed by atoms with Gasteiger partial charge in [-0.15, -0.1) is 0 Å². The van der Waals surface area contributed by atoms with Gasteiger partial charge < -0.3 is 5.32 Å². The summed E-state index contributed by atoms with van der Waals surface area (Å²) in [5, 5.41) is 3.42. The molecule has 0 aromatic rings. The average molecular weight is 210 g/mol. The molecule has 89 valence electrons. The van der Waals surface area contributed by atoms with E-state index in [1.807, 2.05) is 0 Å². The summed E-state index contributed by atoms with van der Waals surface area (Å²) < 4.78 is 0. The van der Waals surface area contributed by atoms with E-state index in [1.165, 1.54) is 70.9 Å². The minimum Gasteiger partial charge on any atom is -0.317 e. The highest BCUT2D eigenvalue weighted by atomic mass is 14.9. The van der Waals surface area contributed by atoms with Crippen LogP contribution in [-0.2, 0) is 0 Å². The van der Waals surface area contributed by atoms with Crippen LogP contribution in [0.1, 0.15) is 64.7 Å². The molecule has 0 atom stereocenters. The summed E-state index contributed by atoms with van der Waals surface area (Å²) in [7, 11) is 0. The number of nitrogens with one attached hydrogen (secondary N) is 1. The largest absolute Gasteiger partial charge is 0.317 e. The van der Waals surface area contributed by atoms with Gasteiger partial charge in [-0.2, -0.15) is 0 Å². The first-order valence-electron chi connectivity index (χ1n) is 6.97. The van der Waals surface area contributed by atoms with E-state index in [1.54, 1.807) is 0 Å². The summed E-state index contributed by atoms with van der Waals surface area (Å²) in [6, 6.07) is 0. The van der Waals surface area contributed by atoms with E-state index in [2.05, 4.69) is 18.7 Å². The Morgan fingerprint density at radius 2 is 1.67 bits per heavy atom. The highest BCUT2D eigenvalue weighted by Crippen LogP contribution is 2.18. The first-order chi connectivity index (χ1) is 7.43. The average Bonchev–Trinajstić information content (AvgIpc) is 2.29. The predicted molar refractivity (Wildman–Crippen MR) is 67.9 cm³/mol. The van der Waals surface area contributed by atoms with Crippen molar-refractivity contribution < 1.29 is 0 Å². The Kier molecular flexibility index (Phi) is 7.99. The molecule has 1 aliphatic rings. The second kappa shape index (κ2) is 9.21. The van der Waals surface area contributed by atoms with Gasteiger partial charge in [0.15, 0.2) is 0 Å². The SMILES string of the molecule is CCCCCCCC[CH]C1CCNCC1. The first-order valence-corrected chi connectivity index (χ1v) is 6.97. The molecule has 1 N–H and O–H groups in total. The number of hydrogen-bond acceptors (Lipinski definition) is 1. The van der Waals surface area contributed by atoms with Crippen molar-refractivity contribution in [2.45, 2.75) is 64.7 Å². The Balaban J connectivity index is 1.79. The Labute approximate surface area is 96.0 Å². The van der Waals surface area contributed by atoms with E-state index in [4.69, 9.17) is 0 Å². The fourth-order valence-corrected chi connectivity index (χ4v) is 2.36. The lowest BCUT2D eigenvalue weighted by atomic mass is 9.92. The number of unbranched alkanes of at least 4 members (excludes halogenated alkanes) is 6. The zero-order valence-electron chi connectivity index (χ0n) is 10.4. The van der Waals surface area contributed by atoms with Crippen molar-refractivity contribution in [3.63, 3.8) is 0 Å². The van der Waals surface area contributed by atoms with Gasteiger partial charge in [-0.1, -0.05) is 45.4 Å². The summed E-state index contributed by atoms with van der Waals surface area (Å²) in [6.07, 6.45) is 15.2. The van der Waals surface area contributed by atoms with Crippen molar-refractivity contribution in [1.29, 1.82) is 0 Å². The molecule has 0 aromatic carbocycles. The molecule has 15 heavy (non-hydrogen) atoms. The van der Waals surface area contributed by atoms with E-state index in [0.717, 1.165) is 5.92 Å². The molecule has 1 saturated heterocycles. The van der Waals surface area contributed by atoms with Crippen LogP contribution in [0, 0.1) is 12.3 Å². The summed E-state index contributed by atoms with van der Waals surface area (Å²) in [4.78, 5) is 0. The van der Waals surface area contributed by atoms with Gasteiger partial charge in [0.1, 0.15) is 0 Å². The van der Waals surface area contributed by atoms with Crippen LogP contribution in [0.5, 0.6) is 0 Å². The molecule has 0 unspecified atom stereocenters. The number of rotatable bonds is 8. The Morgan fingerprint density at radius 1 is 1.00 bits per heavy atom. The zero-order chi connectivity index (χ0) is 10.8. The Bertz CT molecular complexity index is 127. The normalized spacial score (nSPS) is 18.2. The molecule has 0 aromatic heterocycles. The van der Waals surface area contributed by atoms with Crippen LogP contribution in [0.2, 0.25) is 0 Å². The maximum Gasteiger partial charge on any atom is -0.00462 e. The predicted octanol–water partition coefficient (Wildman–Crippen LogP) is 3.94. The van der Waals surface area contributed by atoms with E-state index in [0.29, 0.717) is 0 Å². The molecule has 1 rings (SSSR count). The van der Waals surface area contributed by atoms with Gasteiger partial charge in [0, 0.05) is 0 Å². The number of piperidine rings is 1. The standard InChI is InChI=1S/C14H28N/c1-2-3-4-5-6-7-8-9-14-10-12-15-13-11-14/h9,14-15H,2-8,10-13H2,1H3. The van der Waals surface area contributed by atoms with Crippen LogP contribution in [-0.4, -0.2) is 13.1 Å². The van der Waals surface area contributed by atoms with Crippen molar-refractivity contribution in [3.05, 3.63) is 6.42 Å². The molecule has 1 fully saturated rings. The van der Waals surface area contributed by atoms with Gasteiger partial charge >= 0.3 is 0 Å². The maximum absolute atomic E-state index is 3.42. The van der Waals surface area contributed by atoms with Gasteiger partial charge in [-0.05, 0) is 44.7 Å². The third kappa shape index (κ3) is 6.94. The summed E-state index contributed by atoms with van der Waals surface area (Å²) in [6.45, 7) is 4.75. The van der Waals surface area contributed by atoms with Crippen molar-refractivity contribution in [2.75, 3.05) is 13.1 Å². The molecular formula is C14H28N. The summed E-state index contributed by atoms with van der Waals surface area (Å²) in [5.41, 5.74) is 0. The van der Waals surface area contributed by atoms with Crippen LogP contribution in [0.4, 0.5) is 0 Å². The van der Waals surface area contributed by atoms with Crippen LogP contribution in [0.3, 0.4) is 0 Å². The minimum absolute atomic E-state index is 0.918. The molecule has 1 aliphatic heterocycles. The molecule has 1 heteroatoms. The number of hydrogen-bond donors (Lipinski definition) is 1. The molecule has 0 bridgehead atoms. The van der Waals surface area contributed by atoms with Crippen LogP contribution < -0.4 is 5.32 Å². The highest BCUT2D eigenvalue weighted by molar-refractivity contribution is 4.80. The fraction of sp³-hybridized carbons (Fsp3) is 0.929. The highest BCUT2D eigenvalue weighted by Gasteiger charge is 2.11. The third-order valence-corrected chi connectivity index (χ3v) is 3.44. The zero-order valence-corrected chi connectivity index (χ0v) is 10.4. The second-order valence-electron chi connectivity index (χ2n) is 4.88. The van der Waals surface area contributed by atoms with Gasteiger partial charge in [0.05, 0.1) is 0 Å². The smallest absolute Gasteiger partial charge is 0.00462 e. The van der Waals surface area contributed by atoms with E-state index in [-0.39, 0.29) is 0 Å². The van der Waals surface area contributed by atoms with Crippen molar-refractivity contribution in [2.24, 2.45) is 5.92 Å². The van der Waals surface area contributed by atoms with Gasteiger partial charge in [-0.25, -0.2) is 0 Å². The molecule has 0 saturated carbocycles. The lowest BCUT2D eigenvalue weighted by Gasteiger charge is -2.22. The first kappa shape index (κ1) is 13.0. The fourth-order valence-electron chi connectivity index (χ4n) is 2.36. The molecular weight excluding hydrogens is 182 g/mol. The lowest BCUT2D eigenvalue weighted by Crippen LogP contribution is -2.27. The van der Waals surface area contributed by atoms with Crippen LogP contribution in [0.15, 0.2) is 0 Å². The summed E-state index contributed by atoms with van der Waals surface area (Å²) in [5.74, 6) is 0.918. The molecule has 0 spiro atoms. The van der Waals surface area contributed by atoms with E-state index < -0.39 is 0 Å². The molecule has 0 amide bonds. The lowest BCUT2D eigenvalue weighted by molar-refractivity contribution is 0.403. The minimum atomic E-state index is 0.918. The summed E-state index contributed by atoms with van der Waals surface area (Å²) >= 11 is 0.